The molecular formula is C18H20FNO4S2. The van der Waals surface area contributed by atoms with Crippen molar-refractivity contribution in [3.05, 3.63) is 53.2 Å². The van der Waals surface area contributed by atoms with E-state index in [2.05, 4.69) is 0 Å². The molecule has 1 aliphatic heterocycles. The molecule has 26 heavy (non-hydrogen) atoms. The molecule has 140 valence electrons. The molecular weight excluding hydrogens is 377 g/mol. The topological polar surface area (TPSA) is 63.7 Å². The standard InChI is InChI=1S/C18H20FNO4S2/c1-13(14-4-6-16(19)7-5-14)24-18(21)15-8-10-20(11-9-15)26(22,23)17-3-2-12-25-17/h2-7,12-13,15H,8-11H2,1H3/t13-/m0/s1. The van der Waals surface area contributed by atoms with Crippen LogP contribution in [-0.4, -0.2) is 31.8 Å². The molecule has 0 saturated carbocycles. The number of halogens is 1. The second kappa shape index (κ2) is 7.85. The summed E-state index contributed by atoms with van der Waals surface area (Å²) in [6.07, 6.45) is 0.384. The van der Waals surface area contributed by atoms with Crippen LogP contribution in [0.15, 0.2) is 46.0 Å². The highest BCUT2D eigenvalue weighted by Crippen LogP contribution is 2.28. The van der Waals surface area contributed by atoms with E-state index in [0.717, 1.165) is 5.56 Å². The average molecular weight is 397 g/mol. The molecule has 3 rings (SSSR count). The Morgan fingerprint density at radius 2 is 1.88 bits per heavy atom. The summed E-state index contributed by atoms with van der Waals surface area (Å²) in [5, 5.41) is 1.73. The van der Waals surface area contributed by atoms with Crippen molar-refractivity contribution in [2.24, 2.45) is 5.92 Å². The Morgan fingerprint density at radius 3 is 2.46 bits per heavy atom. The molecule has 0 spiro atoms. The predicted molar refractivity (Wildman–Crippen MR) is 96.7 cm³/mol. The summed E-state index contributed by atoms with van der Waals surface area (Å²) in [4.78, 5) is 12.4. The summed E-state index contributed by atoms with van der Waals surface area (Å²) in [6.45, 7) is 2.33. The Balaban J connectivity index is 1.56. The van der Waals surface area contributed by atoms with Gasteiger partial charge in [-0.3, -0.25) is 4.79 Å². The zero-order valence-electron chi connectivity index (χ0n) is 14.3. The lowest BCUT2D eigenvalue weighted by atomic mass is 9.98. The monoisotopic (exact) mass is 397 g/mol. The Kier molecular flexibility index (Phi) is 5.74. The summed E-state index contributed by atoms with van der Waals surface area (Å²) >= 11 is 1.19. The number of benzene rings is 1. The van der Waals surface area contributed by atoms with E-state index in [9.17, 15) is 17.6 Å². The smallest absolute Gasteiger partial charge is 0.309 e. The minimum atomic E-state index is -3.47. The number of esters is 1. The van der Waals surface area contributed by atoms with Crippen LogP contribution in [0.3, 0.4) is 0 Å². The maximum atomic E-state index is 13.0. The Morgan fingerprint density at radius 1 is 1.23 bits per heavy atom. The fourth-order valence-electron chi connectivity index (χ4n) is 2.94. The second-order valence-corrected chi connectivity index (χ2v) is 9.35. The molecule has 2 heterocycles. The van der Waals surface area contributed by atoms with Crippen molar-refractivity contribution in [1.82, 2.24) is 4.31 Å². The molecule has 1 saturated heterocycles. The molecule has 1 fully saturated rings. The molecule has 1 atom stereocenters. The number of nitrogens with zero attached hydrogens (tertiary/aromatic N) is 1. The first-order chi connectivity index (χ1) is 12.4. The van der Waals surface area contributed by atoms with E-state index in [0.29, 0.717) is 30.1 Å². The van der Waals surface area contributed by atoms with Crippen LogP contribution >= 0.6 is 11.3 Å². The molecule has 0 amide bonds. The molecule has 0 aliphatic carbocycles. The van der Waals surface area contributed by atoms with Crippen molar-refractivity contribution >= 4 is 27.3 Å². The third kappa shape index (κ3) is 4.13. The van der Waals surface area contributed by atoms with Crippen molar-refractivity contribution in [3.63, 3.8) is 0 Å². The zero-order chi connectivity index (χ0) is 18.7. The molecule has 8 heteroatoms. The van der Waals surface area contributed by atoms with Crippen molar-refractivity contribution in [1.29, 1.82) is 0 Å². The molecule has 5 nitrogen and oxygen atoms in total. The predicted octanol–water partition coefficient (Wildman–Crippen LogP) is 3.59. The van der Waals surface area contributed by atoms with Crippen molar-refractivity contribution in [2.45, 2.75) is 30.1 Å². The number of thiophene rings is 1. The molecule has 1 aromatic carbocycles. The van der Waals surface area contributed by atoms with Gasteiger partial charge in [0.25, 0.3) is 10.0 Å². The van der Waals surface area contributed by atoms with E-state index < -0.39 is 16.1 Å². The van der Waals surface area contributed by atoms with Gasteiger partial charge in [0, 0.05) is 13.1 Å². The highest BCUT2D eigenvalue weighted by Gasteiger charge is 2.33. The quantitative estimate of drug-likeness (QED) is 0.724. The zero-order valence-corrected chi connectivity index (χ0v) is 15.9. The van der Waals surface area contributed by atoms with Gasteiger partial charge in [0.15, 0.2) is 0 Å². The van der Waals surface area contributed by atoms with E-state index in [1.54, 1.807) is 36.6 Å². The van der Waals surface area contributed by atoms with Gasteiger partial charge < -0.3 is 4.74 Å². The molecule has 1 aliphatic rings. The summed E-state index contributed by atoms with van der Waals surface area (Å²) in [5.74, 6) is -1.01. The van der Waals surface area contributed by atoms with Crippen LogP contribution in [0.25, 0.3) is 0 Å². The normalized spacial score (nSPS) is 17.8. The minimum absolute atomic E-state index is 0.297. The van der Waals surface area contributed by atoms with E-state index in [-0.39, 0.29) is 17.7 Å². The number of carbonyl (C=O) groups excluding carboxylic acids is 1. The van der Waals surface area contributed by atoms with Gasteiger partial charge in [-0.05, 0) is 48.9 Å². The molecule has 0 bridgehead atoms. The van der Waals surface area contributed by atoms with Gasteiger partial charge in [-0.1, -0.05) is 18.2 Å². The summed E-state index contributed by atoms with van der Waals surface area (Å²) in [6, 6.07) is 9.12. The summed E-state index contributed by atoms with van der Waals surface area (Å²) in [5.41, 5.74) is 0.720. The maximum Gasteiger partial charge on any atom is 0.309 e. The van der Waals surface area contributed by atoms with Crippen LogP contribution in [-0.2, 0) is 19.6 Å². The van der Waals surface area contributed by atoms with Crippen LogP contribution in [0.4, 0.5) is 4.39 Å². The Labute approximate surface area is 156 Å². The van der Waals surface area contributed by atoms with Crippen LogP contribution in [0.2, 0.25) is 0 Å². The van der Waals surface area contributed by atoms with Gasteiger partial charge in [0.05, 0.1) is 5.92 Å². The van der Waals surface area contributed by atoms with E-state index >= 15 is 0 Å². The lowest BCUT2D eigenvalue weighted by Crippen LogP contribution is -2.40. The number of sulfonamides is 1. The van der Waals surface area contributed by atoms with Crippen LogP contribution < -0.4 is 0 Å². The number of ether oxygens (including phenoxy) is 1. The fraction of sp³-hybridized carbons (Fsp3) is 0.389. The maximum absolute atomic E-state index is 13.0. The average Bonchev–Trinajstić information content (AvgIpc) is 3.18. The summed E-state index contributed by atoms with van der Waals surface area (Å²) in [7, 11) is -3.47. The minimum Gasteiger partial charge on any atom is -0.458 e. The number of rotatable bonds is 5. The van der Waals surface area contributed by atoms with Crippen LogP contribution in [0.5, 0.6) is 0 Å². The molecule has 1 aromatic heterocycles. The first-order valence-electron chi connectivity index (χ1n) is 8.37. The van der Waals surface area contributed by atoms with E-state index in [1.165, 1.54) is 27.8 Å². The third-order valence-corrected chi connectivity index (χ3v) is 7.78. The second-order valence-electron chi connectivity index (χ2n) is 6.24. The number of piperidine rings is 1. The number of carbonyl (C=O) groups is 1. The Hall–Kier alpha value is -1.77. The van der Waals surface area contributed by atoms with E-state index in [4.69, 9.17) is 4.74 Å². The number of hydrogen-bond acceptors (Lipinski definition) is 5. The van der Waals surface area contributed by atoms with Crippen molar-refractivity contribution in [3.8, 4) is 0 Å². The summed E-state index contributed by atoms with van der Waals surface area (Å²) < 4.78 is 45.2. The van der Waals surface area contributed by atoms with Crippen LogP contribution in [0.1, 0.15) is 31.4 Å². The highest BCUT2D eigenvalue weighted by molar-refractivity contribution is 7.91. The van der Waals surface area contributed by atoms with Gasteiger partial charge in [-0.25, -0.2) is 12.8 Å². The van der Waals surface area contributed by atoms with Gasteiger partial charge >= 0.3 is 5.97 Å². The molecule has 2 aromatic rings. The largest absolute Gasteiger partial charge is 0.458 e. The first kappa shape index (κ1) is 19.0. The lowest BCUT2D eigenvalue weighted by Gasteiger charge is -2.30. The molecule has 0 N–H and O–H groups in total. The van der Waals surface area contributed by atoms with Gasteiger partial charge in [-0.15, -0.1) is 11.3 Å². The SMILES string of the molecule is C[C@H](OC(=O)C1CCN(S(=O)(=O)c2cccs2)CC1)c1ccc(F)cc1. The first-order valence-corrected chi connectivity index (χ1v) is 10.7. The van der Waals surface area contributed by atoms with E-state index in [1.807, 2.05) is 0 Å². The van der Waals surface area contributed by atoms with Gasteiger partial charge in [0.1, 0.15) is 16.1 Å². The van der Waals surface area contributed by atoms with Crippen LogP contribution in [0, 0.1) is 11.7 Å². The van der Waals surface area contributed by atoms with Crippen molar-refractivity contribution < 1.29 is 22.3 Å². The van der Waals surface area contributed by atoms with Gasteiger partial charge in [-0.2, -0.15) is 4.31 Å². The van der Waals surface area contributed by atoms with Gasteiger partial charge in [0.2, 0.25) is 0 Å². The van der Waals surface area contributed by atoms with Crippen molar-refractivity contribution in [2.75, 3.05) is 13.1 Å². The Bertz CT molecular complexity index is 842. The highest BCUT2D eigenvalue weighted by atomic mass is 32.2. The number of hydrogen-bond donors (Lipinski definition) is 0. The molecule has 0 unspecified atom stereocenters. The third-order valence-electron chi connectivity index (χ3n) is 4.51. The fourth-order valence-corrected chi connectivity index (χ4v) is 5.56. The lowest BCUT2D eigenvalue weighted by molar-refractivity contribution is -0.155. The molecule has 0 radical (unpaired) electrons.